The minimum Gasteiger partial charge on any atom is -0.339 e. The van der Waals surface area contributed by atoms with Gasteiger partial charge in [0.25, 0.3) is 5.91 Å². The van der Waals surface area contributed by atoms with E-state index in [2.05, 4.69) is 0 Å². The minimum atomic E-state index is -0.122. The molecule has 1 aromatic rings. The number of benzene rings is 1. The Bertz CT molecular complexity index is 594. The first-order chi connectivity index (χ1) is 10.6. The molecular formula is C16H18Cl2N2O2. The maximum Gasteiger partial charge on any atom is 0.255 e. The molecule has 4 nitrogen and oxygen atoms in total. The molecule has 1 aliphatic heterocycles. The third kappa shape index (κ3) is 2.95. The Hall–Kier alpha value is -1.26. The van der Waals surface area contributed by atoms with Crippen LogP contribution in [0.1, 0.15) is 29.6 Å². The van der Waals surface area contributed by atoms with Gasteiger partial charge in [0.15, 0.2) is 0 Å². The Labute approximate surface area is 140 Å². The first-order valence-electron chi connectivity index (χ1n) is 7.60. The lowest BCUT2D eigenvalue weighted by Crippen LogP contribution is -2.52. The smallest absolute Gasteiger partial charge is 0.255 e. The fraction of sp³-hybridized carbons (Fsp3) is 0.500. The van der Waals surface area contributed by atoms with Crippen molar-refractivity contribution in [3.05, 3.63) is 33.8 Å². The number of halogens is 2. The zero-order chi connectivity index (χ0) is 15.7. The number of carbonyl (C=O) groups excluding carboxylic acids is 2. The van der Waals surface area contributed by atoms with Gasteiger partial charge in [0.05, 0.1) is 15.6 Å². The maximum absolute atomic E-state index is 12.5. The molecule has 2 aliphatic rings. The van der Waals surface area contributed by atoms with Crippen molar-refractivity contribution in [3.63, 3.8) is 0 Å². The van der Waals surface area contributed by atoms with Gasteiger partial charge in [0.2, 0.25) is 5.91 Å². The van der Waals surface area contributed by atoms with Crippen LogP contribution in [0, 0.1) is 5.92 Å². The monoisotopic (exact) mass is 340 g/mol. The van der Waals surface area contributed by atoms with E-state index in [9.17, 15) is 9.59 Å². The molecule has 1 aliphatic carbocycles. The van der Waals surface area contributed by atoms with Crippen molar-refractivity contribution in [1.82, 2.24) is 9.80 Å². The summed E-state index contributed by atoms with van der Waals surface area (Å²) in [6.07, 6.45) is 3.17. The molecule has 0 N–H and O–H groups in total. The van der Waals surface area contributed by atoms with E-state index in [1.54, 1.807) is 23.1 Å². The topological polar surface area (TPSA) is 40.6 Å². The molecule has 0 spiro atoms. The van der Waals surface area contributed by atoms with Crippen molar-refractivity contribution < 1.29 is 9.59 Å². The molecule has 22 heavy (non-hydrogen) atoms. The molecule has 0 aromatic heterocycles. The Kier molecular flexibility index (Phi) is 4.59. The van der Waals surface area contributed by atoms with E-state index in [-0.39, 0.29) is 17.7 Å². The van der Waals surface area contributed by atoms with E-state index >= 15 is 0 Å². The van der Waals surface area contributed by atoms with E-state index in [1.165, 1.54) is 0 Å². The summed E-state index contributed by atoms with van der Waals surface area (Å²) in [7, 11) is 0. The van der Waals surface area contributed by atoms with Gasteiger partial charge in [-0.1, -0.05) is 35.7 Å². The third-order valence-electron chi connectivity index (χ3n) is 4.51. The van der Waals surface area contributed by atoms with Crippen LogP contribution < -0.4 is 0 Å². The molecule has 6 heteroatoms. The van der Waals surface area contributed by atoms with Crippen LogP contribution in [0.4, 0.5) is 0 Å². The van der Waals surface area contributed by atoms with Gasteiger partial charge in [-0.25, -0.2) is 0 Å². The highest BCUT2D eigenvalue weighted by Gasteiger charge is 2.32. The molecule has 0 atom stereocenters. The van der Waals surface area contributed by atoms with Crippen molar-refractivity contribution >= 4 is 35.0 Å². The van der Waals surface area contributed by atoms with Gasteiger partial charge in [-0.3, -0.25) is 9.59 Å². The fourth-order valence-electron chi connectivity index (χ4n) is 2.88. The summed E-state index contributed by atoms with van der Waals surface area (Å²) in [5, 5.41) is 0.674. The molecule has 0 unspecified atom stereocenters. The summed E-state index contributed by atoms with van der Waals surface area (Å²) in [5.74, 6) is 0.340. The second kappa shape index (κ2) is 6.47. The Morgan fingerprint density at radius 3 is 2.23 bits per heavy atom. The lowest BCUT2D eigenvalue weighted by atomic mass is 9.84. The van der Waals surface area contributed by atoms with Crippen LogP contribution >= 0.6 is 23.2 Å². The van der Waals surface area contributed by atoms with Gasteiger partial charge in [0.1, 0.15) is 0 Å². The fourth-order valence-corrected chi connectivity index (χ4v) is 3.26. The second-order valence-corrected chi connectivity index (χ2v) is 6.63. The highest BCUT2D eigenvalue weighted by atomic mass is 35.5. The molecule has 1 aromatic carbocycles. The predicted molar refractivity (Wildman–Crippen MR) is 86.3 cm³/mol. The number of nitrogens with zero attached hydrogens (tertiary/aromatic N) is 2. The van der Waals surface area contributed by atoms with Crippen LogP contribution in [0.25, 0.3) is 0 Å². The van der Waals surface area contributed by atoms with Crippen molar-refractivity contribution in [1.29, 1.82) is 0 Å². The Morgan fingerprint density at radius 1 is 1.00 bits per heavy atom. The van der Waals surface area contributed by atoms with Gasteiger partial charge in [0, 0.05) is 32.1 Å². The Balaban J connectivity index is 1.62. The first kappa shape index (κ1) is 15.6. The summed E-state index contributed by atoms with van der Waals surface area (Å²) in [5.41, 5.74) is 0.424. The molecule has 118 valence electrons. The normalized spacial score (nSPS) is 19.0. The van der Waals surface area contributed by atoms with Crippen LogP contribution in [0.2, 0.25) is 10.0 Å². The van der Waals surface area contributed by atoms with Crippen LogP contribution in [-0.2, 0) is 4.79 Å². The number of carbonyl (C=O) groups is 2. The molecule has 1 saturated heterocycles. The zero-order valence-corrected chi connectivity index (χ0v) is 13.7. The summed E-state index contributed by atoms with van der Waals surface area (Å²) in [4.78, 5) is 28.4. The number of rotatable bonds is 2. The van der Waals surface area contributed by atoms with Gasteiger partial charge >= 0.3 is 0 Å². The first-order valence-corrected chi connectivity index (χ1v) is 8.35. The van der Waals surface area contributed by atoms with Crippen LogP contribution in [0.3, 0.4) is 0 Å². The molecule has 0 bridgehead atoms. The SMILES string of the molecule is O=C(c1cccc(Cl)c1Cl)N1CCN(C(=O)C2CCC2)CC1. The van der Waals surface area contributed by atoms with E-state index in [0.717, 1.165) is 19.3 Å². The highest BCUT2D eigenvalue weighted by Crippen LogP contribution is 2.29. The lowest BCUT2D eigenvalue weighted by Gasteiger charge is -2.38. The number of hydrogen-bond acceptors (Lipinski definition) is 2. The average molecular weight is 341 g/mol. The molecule has 2 fully saturated rings. The summed E-state index contributed by atoms with van der Waals surface area (Å²) >= 11 is 12.1. The van der Waals surface area contributed by atoms with Crippen molar-refractivity contribution in [2.75, 3.05) is 26.2 Å². The van der Waals surface area contributed by atoms with E-state index < -0.39 is 0 Å². The molecule has 3 rings (SSSR count). The maximum atomic E-state index is 12.5. The molecule has 0 radical (unpaired) electrons. The summed E-state index contributed by atoms with van der Waals surface area (Å²) < 4.78 is 0. The molecule has 1 saturated carbocycles. The minimum absolute atomic E-state index is 0.122. The van der Waals surface area contributed by atoms with Gasteiger partial charge in [-0.2, -0.15) is 0 Å². The van der Waals surface area contributed by atoms with Crippen molar-refractivity contribution in [2.24, 2.45) is 5.92 Å². The average Bonchev–Trinajstić information content (AvgIpc) is 2.48. The van der Waals surface area contributed by atoms with Crippen molar-refractivity contribution in [2.45, 2.75) is 19.3 Å². The lowest BCUT2D eigenvalue weighted by molar-refractivity contribution is -0.139. The van der Waals surface area contributed by atoms with Crippen LogP contribution in [-0.4, -0.2) is 47.8 Å². The largest absolute Gasteiger partial charge is 0.339 e. The summed E-state index contributed by atoms with van der Waals surface area (Å²) in [6, 6.07) is 5.07. The van der Waals surface area contributed by atoms with Crippen LogP contribution in [0.15, 0.2) is 18.2 Å². The second-order valence-electron chi connectivity index (χ2n) is 5.85. The molecule has 2 amide bonds. The number of piperazine rings is 1. The van der Waals surface area contributed by atoms with Crippen LogP contribution in [0.5, 0.6) is 0 Å². The zero-order valence-electron chi connectivity index (χ0n) is 12.2. The van der Waals surface area contributed by atoms with Crippen molar-refractivity contribution in [3.8, 4) is 0 Å². The molecule has 1 heterocycles. The standard InChI is InChI=1S/C16H18Cl2N2O2/c17-13-6-2-5-12(14(13)18)16(22)20-9-7-19(8-10-20)15(21)11-3-1-4-11/h2,5-6,11H,1,3-4,7-10H2. The summed E-state index contributed by atoms with van der Waals surface area (Å²) in [6.45, 7) is 2.28. The third-order valence-corrected chi connectivity index (χ3v) is 5.33. The van der Waals surface area contributed by atoms with E-state index in [0.29, 0.717) is 41.8 Å². The van der Waals surface area contributed by atoms with Gasteiger partial charge in [-0.15, -0.1) is 0 Å². The predicted octanol–water partition coefficient (Wildman–Crippen LogP) is 3.08. The number of hydrogen-bond donors (Lipinski definition) is 0. The van der Waals surface area contributed by atoms with Gasteiger partial charge < -0.3 is 9.80 Å². The molecular weight excluding hydrogens is 323 g/mol. The quantitative estimate of drug-likeness (QED) is 0.829. The van der Waals surface area contributed by atoms with E-state index in [1.807, 2.05) is 4.90 Å². The number of amides is 2. The van der Waals surface area contributed by atoms with Gasteiger partial charge in [-0.05, 0) is 25.0 Å². The van der Waals surface area contributed by atoms with E-state index in [4.69, 9.17) is 23.2 Å². The Morgan fingerprint density at radius 2 is 1.64 bits per heavy atom. The highest BCUT2D eigenvalue weighted by molar-refractivity contribution is 6.43.